The van der Waals surface area contributed by atoms with Crippen LogP contribution < -0.4 is 10.7 Å². The Labute approximate surface area is 187 Å². The van der Waals surface area contributed by atoms with E-state index in [-0.39, 0.29) is 0 Å². The van der Waals surface area contributed by atoms with E-state index in [4.69, 9.17) is 10.7 Å². The van der Waals surface area contributed by atoms with Crippen molar-refractivity contribution < 1.29 is 4.98 Å². The van der Waals surface area contributed by atoms with E-state index in [1.165, 1.54) is 0 Å². The minimum atomic E-state index is 0.532. The smallest absolute Gasteiger partial charge is 0.213 e. The topological polar surface area (TPSA) is 53.0 Å². The van der Waals surface area contributed by atoms with Gasteiger partial charge in [-0.3, -0.25) is 0 Å². The number of benzene rings is 3. The van der Waals surface area contributed by atoms with Crippen LogP contribution in [0.15, 0.2) is 103 Å². The van der Waals surface area contributed by atoms with Crippen LogP contribution in [0.3, 0.4) is 0 Å². The Balaban J connectivity index is 1.69. The Morgan fingerprint density at radius 1 is 0.750 bits per heavy atom. The highest BCUT2D eigenvalue weighted by atomic mass is 14.7. The zero-order valence-electron chi connectivity index (χ0n) is 17.7. The zero-order chi connectivity index (χ0) is 21.8. The summed E-state index contributed by atoms with van der Waals surface area (Å²) in [6, 6.07) is 33.4. The van der Waals surface area contributed by atoms with Crippen molar-refractivity contribution in [3.8, 4) is 22.4 Å². The van der Waals surface area contributed by atoms with Gasteiger partial charge < -0.3 is 5.73 Å². The minimum absolute atomic E-state index is 0.532. The first kappa shape index (κ1) is 19.9. The van der Waals surface area contributed by atoms with Crippen molar-refractivity contribution in [1.82, 2.24) is 4.98 Å². The third kappa shape index (κ3) is 4.07. The molecule has 2 aromatic heterocycles. The third-order valence-corrected chi connectivity index (χ3v) is 5.61. The Bertz CT molecular complexity index is 1370. The molecule has 0 radical (unpaired) electrons. The molecule has 0 unspecified atom stereocenters. The summed E-state index contributed by atoms with van der Waals surface area (Å²) in [5.74, 6) is 0. The molecule has 0 bridgehead atoms. The molecule has 0 amide bonds. The average Bonchev–Trinajstić information content (AvgIpc) is 2.88. The van der Waals surface area contributed by atoms with Gasteiger partial charge in [0, 0.05) is 29.8 Å². The molecule has 2 heterocycles. The van der Waals surface area contributed by atoms with Gasteiger partial charge in [0.2, 0.25) is 5.69 Å². The van der Waals surface area contributed by atoms with Crippen LogP contribution in [0.25, 0.3) is 45.4 Å². The molecule has 154 valence electrons. The summed E-state index contributed by atoms with van der Waals surface area (Å²) in [5.41, 5.74) is 14.3. The number of hydrogen-bond acceptors (Lipinski definition) is 2. The van der Waals surface area contributed by atoms with Gasteiger partial charge in [-0.15, -0.1) is 0 Å². The molecule has 32 heavy (non-hydrogen) atoms. The molecule has 3 heteroatoms. The molecule has 0 aliphatic heterocycles. The lowest BCUT2D eigenvalue weighted by Gasteiger charge is -2.12. The Hall–Kier alpha value is -4.08. The Morgan fingerprint density at radius 3 is 2.19 bits per heavy atom. The van der Waals surface area contributed by atoms with E-state index in [0.29, 0.717) is 6.54 Å². The van der Waals surface area contributed by atoms with Crippen molar-refractivity contribution in [2.75, 3.05) is 0 Å². The second-order valence-electron chi connectivity index (χ2n) is 7.72. The first-order valence-corrected chi connectivity index (χ1v) is 10.8. The van der Waals surface area contributed by atoms with Gasteiger partial charge in [0.1, 0.15) is 0 Å². The Morgan fingerprint density at radius 2 is 1.47 bits per heavy atom. The molecule has 0 aliphatic carbocycles. The molecule has 0 saturated heterocycles. The van der Waals surface area contributed by atoms with E-state index in [2.05, 4.69) is 83.9 Å². The van der Waals surface area contributed by atoms with E-state index in [1.807, 2.05) is 36.5 Å². The van der Waals surface area contributed by atoms with E-state index in [0.717, 1.165) is 50.1 Å². The van der Waals surface area contributed by atoms with Gasteiger partial charge in [0.05, 0.1) is 16.6 Å². The lowest BCUT2D eigenvalue weighted by Crippen LogP contribution is -2.07. The molecule has 0 saturated carbocycles. The van der Waals surface area contributed by atoms with Gasteiger partial charge >= 0.3 is 0 Å². The van der Waals surface area contributed by atoms with E-state index in [9.17, 15) is 0 Å². The van der Waals surface area contributed by atoms with Crippen LogP contribution in [0.5, 0.6) is 0 Å². The summed E-state index contributed by atoms with van der Waals surface area (Å²) >= 11 is 0. The number of aromatic nitrogens is 2. The highest BCUT2D eigenvalue weighted by Gasteiger charge is 2.15. The van der Waals surface area contributed by atoms with Crippen molar-refractivity contribution in [2.45, 2.75) is 6.54 Å². The molecule has 0 aliphatic rings. The van der Waals surface area contributed by atoms with Crippen molar-refractivity contribution in [3.63, 3.8) is 0 Å². The van der Waals surface area contributed by atoms with Gasteiger partial charge in [-0.2, -0.15) is 0 Å². The highest BCUT2D eigenvalue weighted by Crippen LogP contribution is 2.34. The first-order valence-electron chi connectivity index (χ1n) is 10.8. The lowest BCUT2D eigenvalue weighted by atomic mass is 9.96. The van der Waals surface area contributed by atoms with Crippen LogP contribution >= 0.6 is 0 Å². The van der Waals surface area contributed by atoms with Crippen molar-refractivity contribution >= 4 is 23.1 Å². The van der Waals surface area contributed by atoms with Crippen LogP contribution in [0.2, 0.25) is 0 Å². The molecular weight excluding hydrogens is 390 g/mol. The Kier molecular flexibility index (Phi) is 5.56. The van der Waals surface area contributed by atoms with E-state index in [1.54, 1.807) is 0 Å². The van der Waals surface area contributed by atoms with Crippen LogP contribution in [-0.4, -0.2) is 4.98 Å². The zero-order valence-corrected chi connectivity index (χ0v) is 17.7. The quantitative estimate of drug-likeness (QED) is 0.383. The van der Waals surface area contributed by atoms with Gasteiger partial charge in [-0.05, 0) is 28.8 Å². The van der Waals surface area contributed by atoms with E-state index >= 15 is 0 Å². The summed E-state index contributed by atoms with van der Waals surface area (Å²) in [5, 5.41) is 1.08. The van der Waals surface area contributed by atoms with Crippen LogP contribution in [0.1, 0.15) is 16.8 Å². The predicted molar refractivity (Wildman–Crippen MR) is 132 cm³/mol. The van der Waals surface area contributed by atoms with Crippen LogP contribution in [0, 0.1) is 0 Å². The summed E-state index contributed by atoms with van der Waals surface area (Å²) in [4.78, 5) is 8.50. The largest absolute Gasteiger partial charge is 0.326 e. The van der Waals surface area contributed by atoms with Gasteiger partial charge in [0.15, 0.2) is 6.20 Å². The number of aromatic amines is 1. The van der Waals surface area contributed by atoms with Crippen molar-refractivity contribution in [2.24, 2.45) is 5.73 Å². The molecule has 0 atom stereocenters. The van der Waals surface area contributed by atoms with Crippen LogP contribution in [0.4, 0.5) is 0 Å². The third-order valence-electron chi connectivity index (χ3n) is 5.61. The average molecular weight is 415 g/mol. The summed E-state index contributed by atoms with van der Waals surface area (Å²) in [6.07, 6.45) is 6.18. The molecule has 3 aromatic carbocycles. The molecule has 0 fully saturated rings. The maximum atomic E-state index is 5.80. The number of hydrogen-bond donors (Lipinski definition) is 1. The monoisotopic (exact) mass is 414 g/mol. The van der Waals surface area contributed by atoms with Gasteiger partial charge in [0.25, 0.3) is 0 Å². The van der Waals surface area contributed by atoms with E-state index < -0.39 is 0 Å². The number of H-pyrrole nitrogens is 1. The molecule has 5 rings (SSSR count). The predicted octanol–water partition coefficient (Wildman–Crippen LogP) is 6.01. The second-order valence-corrected chi connectivity index (χ2v) is 7.72. The second kappa shape index (κ2) is 8.96. The molecular formula is C29H24N3+. The fourth-order valence-electron chi connectivity index (χ4n) is 3.90. The maximum Gasteiger partial charge on any atom is 0.213 e. The standard InChI is InChI=1S/C29H23N3/c30-20-22-11-14-24(15-12-22)29-25(23-9-5-2-6-10-23)19-26-27(31-18-17-28(26)32-29)16-13-21-7-3-1-4-8-21/h1-19H,20,30H2/p+1. The number of nitrogens with two attached hydrogens (primary N) is 1. The van der Waals surface area contributed by atoms with Gasteiger partial charge in [-0.1, -0.05) is 84.9 Å². The minimum Gasteiger partial charge on any atom is -0.326 e. The SMILES string of the molecule is NCc1ccc(-c2nc3cc[nH+]c(C=Cc4ccccc4)c3cc2-c2ccccc2)cc1. The van der Waals surface area contributed by atoms with Crippen molar-refractivity contribution in [3.05, 3.63) is 120 Å². The normalized spacial score (nSPS) is 11.3. The fourth-order valence-corrected chi connectivity index (χ4v) is 3.90. The highest BCUT2D eigenvalue weighted by molar-refractivity contribution is 5.95. The first-order chi connectivity index (χ1) is 15.8. The number of nitrogens with one attached hydrogen (secondary N) is 1. The molecule has 5 aromatic rings. The number of fused-ring (bicyclic) bond motifs is 1. The fraction of sp³-hybridized carbons (Fsp3) is 0.0345. The molecule has 0 spiro atoms. The maximum absolute atomic E-state index is 5.80. The van der Waals surface area contributed by atoms with Crippen molar-refractivity contribution in [1.29, 1.82) is 0 Å². The number of rotatable bonds is 5. The summed E-state index contributed by atoms with van der Waals surface area (Å²) in [7, 11) is 0. The summed E-state index contributed by atoms with van der Waals surface area (Å²) < 4.78 is 0. The lowest BCUT2D eigenvalue weighted by molar-refractivity contribution is -0.378. The number of nitrogens with zero attached hydrogens (tertiary/aromatic N) is 1. The number of pyridine rings is 2. The molecule has 3 N–H and O–H groups in total. The summed E-state index contributed by atoms with van der Waals surface area (Å²) in [6.45, 7) is 0.532. The molecule has 3 nitrogen and oxygen atoms in total. The van der Waals surface area contributed by atoms with Gasteiger partial charge in [-0.25, -0.2) is 9.97 Å². The van der Waals surface area contributed by atoms with Crippen LogP contribution in [-0.2, 0) is 6.54 Å².